The van der Waals surface area contributed by atoms with Gasteiger partial charge in [-0.1, -0.05) is 26.2 Å². The monoisotopic (exact) mass is 232 g/mol. The minimum Gasteiger partial charge on any atom is -0.0594 e. The Bertz CT molecular complexity index is 269. The van der Waals surface area contributed by atoms with E-state index in [4.69, 9.17) is 0 Å². The van der Waals surface area contributed by atoms with Crippen molar-refractivity contribution in [2.24, 2.45) is 35.0 Å². The number of hydrogen-bond donors (Lipinski definition) is 0. The standard InChI is InChI=1S/C17H28/c1-17(5-3-2-4-6-17)16-14-8-12-7-13(10-14)11-15(16)9-12/h12-16H,2-11H2,1H3. The van der Waals surface area contributed by atoms with Crippen LogP contribution in [0.1, 0.15) is 71.1 Å². The molecule has 4 bridgehead atoms. The van der Waals surface area contributed by atoms with Gasteiger partial charge in [-0.15, -0.1) is 0 Å². The molecule has 0 heterocycles. The first-order valence-corrected chi connectivity index (χ1v) is 8.24. The molecule has 0 heteroatoms. The van der Waals surface area contributed by atoms with Crippen molar-refractivity contribution in [2.45, 2.75) is 71.1 Å². The summed E-state index contributed by atoms with van der Waals surface area (Å²) in [7, 11) is 0. The maximum absolute atomic E-state index is 2.67. The van der Waals surface area contributed by atoms with E-state index >= 15 is 0 Å². The first kappa shape index (κ1) is 10.9. The van der Waals surface area contributed by atoms with Crippen molar-refractivity contribution >= 4 is 0 Å². The zero-order chi connectivity index (χ0) is 11.5. The molecule has 5 aliphatic carbocycles. The third kappa shape index (κ3) is 1.62. The van der Waals surface area contributed by atoms with Gasteiger partial charge in [-0.2, -0.15) is 0 Å². The molecule has 5 saturated carbocycles. The molecule has 5 rings (SSSR count). The Morgan fingerprint density at radius 3 is 1.76 bits per heavy atom. The summed E-state index contributed by atoms with van der Waals surface area (Å²) in [6, 6.07) is 0. The van der Waals surface area contributed by atoms with Crippen molar-refractivity contribution in [3.8, 4) is 0 Å². The second-order valence-corrected chi connectivity index (χ2v) is 8.17. The maximum Gasteiger partial charge on any atom is -0.0292 e. The van der Waals surface area contributed by atoms with Crippen molar-refractivity contribution in [3.05, 3.63) is 0 Å². The molecule has 0 N–H and O–H groups in total. The van der Waals surface area contributed by atoms with Crippen LogP contribution in [-0.2, 0) is 0 Å². The van der Waals surface area contributed by atoms with Crippen LogP contribution in [0.25, 0.3) is 0 Å². The van der Waals surface area contributed by atoms with E-state index in [0.29, 0.717) is 0 Å². The van der Waals surface area contributed by atoms with Crippen molar-refractivity contribution in [1.29, 1.82) is 0 Å². The quantitative estimate of drug-likeness (QED) is 0.595. The van der Waals surface area contributed by atoms with Crippen LogP contribution in [0.2, 0.25) is 0 Å². The molecule has 0 aromatic carbocycles. The summed E-state index contributed by atoms with van der Waals surface area (Å²) < 4.78 is 0. The van der Waals surface area contributed by atoms with Gasteiger partial charge in [0, 0.05) is 0 Å². The molecule has 0 radical (unpaired) electrons. The summed E-state index contributed by atoms with van der Waals surface area (Å²) in [6.07, 6.45) is 15.8. The Hall–Kier alpha value is 0. The third-order valence-corrected chi connectivity index (χ3v) is 7.03. The molecule has 17 heavy (non-hydrogen) atoms. The summed E-state index contributed by atoms with van der Waals surface area (Å²) in [5.41, 5.74) is 0.751. The zero-order valence-electron chi connectivity index (χ0n) is 11.5. The smallest absolute Gasteiger partial charge is 0.0292 e. The van der Waals surface area contributed by atoms with Crippen LogP contribution in [0.5, 0.6) is 0 Å². The van der Waals surface area contributed by atoms with Crippen molar-refractivity contribution in [2.75, 3.05) is 0 Å². The highest BCUT2D eigenvalue weighted by Crippen LogP contribution is 2.63. The highest BCUT2D eigenvalue weighted by atomic mass is 14.6. The molecule has 0 amide bonds. The summed E-state index contributed by atoms with van der Waals surface area (Å²) in [5.74, 6) is 5.74. The second-order valence-electron chi connectivity index (χ2n) is 8.17. The predicted molar refractivity (Wildman–Crippen MR) is 71.7 cm³/mol. The van der Waals surface area contributed by atoms with Crippen LogP contribution >= 0.6 is 0 Å². The van der Waals surface area contributed by atoms with Crippen LogP contribution in [-0.4, -0.2) is 0 Å². The van der Waals surface area contributed by atoms with Gasteiger partial charge in [-0.05, 0) is 80.0 Å². The summed E-state index contributed by atoms with van der Waals surface area (Å²) in [5, 5.41) is 0. The molecule has 0 nitrogen and oxygen atoms in total. The van der Waals surface area contributed by atoms with Crippen molar-refractivity contribution < 1.29 is 0 Å². The maximum atomic E-state index is 2.67. The molecule has 5 fully saturated rings. The van der Waals surface area contributed by atoms with E-state index in [1.54, 1.807) is 44.9 Å². The fraction of sp³-hybridized carbons (Fsp3) is 1.00. The first-order chi connectivity index (χ1) is 8.24. The van der Waals surface area contributed by atoms with Gasteiger partial charge in [0.1, 0.15) is 0 Å². The third-order valence-electron chi connectivity index (χ3n) is 7.03. The van der Waals surface area contributed by atoms with E-state index in [-0.39, 0.29) is 0 Å². The van der Waals surface area contributed by atoms with E-state index in [1.165, 1.54) is 19.3 Å². The summed E-state index contributed by atoms with van der Waals surface area (Å²) in [6.45, 7) is 2.67. The lowest BCUT2D eigenvalue weighted by molar-refractivity contribution is -0.102. The van der Waals surface area contributed by atoms with Gasteiger partial charge in [0.15, 0.2) is 0 Å². The number of hydrogen-bond acceptors (Lipinski definition) is 0. The van der Waals surface area contributed by atoms with Crippen LogP contribution in [0.4, 0.5) is 0 Å². The van der Waals surface area contributed by atoms with Crippen LogP contribution in [0, 0.1) is 35.0 Å². The molecular weight excluding hydrogens is 204 g/mol. The Morgan fingerprint density at radius 1 is 0.706 bits per heavy atom. The lowest BCUT2D eigenvalue weighted by Crippen LogP contribution is -2.51. The fourth-order valence-electron chi connectivity index (χ4n) is 6.76. The highest BCUT2D eigenvalue weighted by molar-refractivity contribution is 5.03. The highest BCUT2D eigenvalue weighted by Gasteiger charge is 2.53. The zero-order valence-corrected chi connectivity index (χ0v) is 11.5. The van der Waals surface area contributed by atoms with Crippen LogP contribution in [0.3, 0.4) is 0 Å². The molecule has 0 aromatic rings. The second kappa shape index (κ2) is 3.75. The van der Waals surface area contributed by atoms with E-state index in [2.05, 4.69) is 6.92 Å². The minimum atomic E-state index is 0.751. The van der Waals surface area contributed by atoms with Gasteiger partial charge in [0.25, 0.3) is 0 Å². The largest absolute Gasteiger partial charge is 0.0594 e. The van der Waals surface area contributed by atoms with E-state index in [1.807, 2.05) is 0 Å². The van der Waals surface area contributed by atoms with Crippen LogP contribution in [0.15, 0.2) is 0 Å². The Morgan fingerprint density at radius 2 is 1.24 bits per heavy atom. The Labute approximate surface area is 107 Å². The van der Waals surface area contributed by atoms with Crippen LogP contribution < -0.4 is 0 Å². The minimum absolute atomic E-state index is 0.751. The van der Waals surface area contributed by atoms with Crippen molar-refractivity contribution in [3.63, 3.8) is 0 Å². The van der Waals surface area contributed by atoms with Gasteiger partial charge in [0.05, 0.1) is 0 Å². The Kier molecular flexibility index (Phi) is 2.40. The predicted octanol–water partition coefficient (Wildman–Crippen LogP) is 5.03. The summed E-state index contributed by atoms with van der Waals surface area (Å²) in [4.78, 5) is 0. The van der Waals surface area contributed by atoms with Gasteiger partial charge < -0.3 is 0 Å². The molecule has 0 aliphatic heterocycles. The average Bonchev–Trinajstić information content (AvgIpc) is 2.27. The van der Waals surface area contributed by atoms with Gasteiger partial charge in [-0.25, -0.2) is 0 Å². The van der Waals surface area contributed by atoms with E-state index < -0.39 is 0 Å². The summed E-state index contributed by atoms with van der Waals surface area (Å²) >= 11 is 0. The Balaban J connectivity index is 1.61. The van der Waals surface area contributed by atoms with E-state index in [9.17, 15) is 0 Å². The first-order valence-electron chi connectivity index (χ1n) is 8.24. The molecular formula is C17H28. The topological polar surface area (TPSA) is 0 Å². The molecule has 0 aromatic heterocycles. The normalized spacial score (nSPS) is 51.7. The number of rotatable bonds is 1. The van der Waals surface area contributed by atoms with Gasteiger partial charge in [0.2, 0.25) is 0 Å². The SMILES string of the molecule is CC1(C2C3CC4CC(C3)CC2C4)CCCCC1. The molecule has 0 atom stereocenters. The fourth-order valence-corrected chi connectivity index (χ4v) is 6.76. The van der Waals surface area contributed by atoms with Crippen molar-refractivity contribution in [1.82, 2.24) is 0 Å². The molecule has 0 saturated heterocycles. The lowest BCUT2D eigenvalue weighted by Gasteiger charge is -2.60. The lowest BCUT2D eigenvalue weighted by atomic mass is 9.45. The average molecular weight is 232 g/mol. The molecule has 0 unspecified atom stereocenters. The van der Waals surface area contributed by atoms with Gasteiger partial charge in [-0.3, -0.25) is 0 Å². The van der Waals surface area contributed by atoms with Gasteiger partial charge >= 0.3 is 0 Å². The molecule has 0 spiro atoms. The molecule has 5 aliphatic rings. The molecule has 96 valence electrons. The van der Waals surface area contributed by atoms with E-state index in [0.717, 1.165) is 35.0 Å².